The van der Waals surface area contributed by atoms with E-state index in [0.717, 1.165) is 26.1 Å². The van der Waals surface area contributed by atoms with Crippen LogP contribution in [0.4, 0.5) is 0 Å². The molecule has 1 atom stereocenters. The minimum absolute atomic E-state index is 0.262. The second kappa shape index (κ2) is 9.28. The van der Waals surface area contributed by atoms with Crippen LogP contribution in [0.3, 0.4) is 0 Å². The van der Waals surface area contributed by atoms with Crippen molar-refractivity contribution >= 4 is 5.97 Å². The van der Waals surface area contributed by atoms with E-state index in [1.165, 1.54) is 0 Å². The van der Waals surface area contributed by atoms with Crippen molar-refractivity contribution < 1.29 is 14.6 Å². The van der Waals surface area contributed by atoms with Gasteiger partial charge in [-0.3, -0.25) is 4.79 Å². The van der Waals surface area contributed by atoms with E-state index in [1.54, 1.807) is 6.92 Å². The number of hydrogen-bond donors (Lipinski definition) is 2. The lowest BCUT2D eigenvalue weighted by Crippen LogP contribution is -2.49. The molecule has 0 aromatic carbocycles. The number of carboxylic acids is 1. The maximum atomic E-state index is 11.2. The van der Waals surface area contributed by atoms with E-state index in [9.17, 15) is 9.90 Å². The molecule has 0 amide bonds. The summed E-state index contributed by atoms with van der Waals surface area (Å²) in [4.78, 5) is 13.4. The Hall–Kier alpha value is -0.650. The first-order valence-corrected chi connectivity index (χ1v) is 7.10. The van der Waals surface area contributed by atoms with Gasteiger partial charge in [-0.2, -0.15) is 0 Å². The maximum Gasteiger partial charge on any atom is 0.323 e. The molecule has 0 bridgehead atoms. The molecule has 0 aromatic heterocycles. The summed E-state index contributed by atoms with van der Waals surface area (Å²) in [6, 6.07) is 0. The minimum Gasteiger partial charge on any atom is -0.480 e. The Morgan fingerprint density at radius 1 is 1.42 bits per heavy atom. The Balaban J connectivity index is 3.89. The molecule has 0 aliphatic heterocycles. The molecule has 0 spiro atoms. The van der Waals surface area contributed by atoms with E-state index in [1.807, 2.05) is 27.8 Å². The fraction of sp³-hybridized carbons (Fsp3) is 0.929. The molecule has 0 heterocycles. The summed E-state index contributed by atoms with van der Waals surface area (Å²) >= 11 is 0. The minimum atomic E-state index is -0.815. The number of carbonyl (C=O) groups is 1. The smallest absolute Gasteiger partial charge is 0.323 e. The van der Waals surface area contributed by atoms with Crippen molar-refractivity contribution in [2.75, 3.05) is 33.3 Å². The molecule has 0 saturated heterocycles. The van der Waals surface area contributed by atoms with Gasteiger partial charge in [-0.1, -0.05) is 6.92 Å². The second-order valence-corrected chi connectivity index (χ2v) is 5.49. The van der Waals surface area contributed by atoms with Gasteiger partial charge in [0, 0.05) is 6.54 Å². The highest BCUT2D eigenvalue weighted by atomic mass is 16.5. The summed E-state index contributed by atoms with van der Waals surface area (Å²) < 4.78 is 5.49. The molecule has 0 radical (unpaired) electrons. The van der Waals surface area contributed by atoms with E-state index >= 15 is 0 Å². The number of nitrogens with one attached hydrogen (secondary N) is 1. The zero-order chi connectivity index (χ0) is 14.9. The average Bonchev–Trinajstić information content (AvgIpc) is 2.28. The van der Waals surface area contributed by atoms with Gasteiger partial charge in [-0.05, 0) is 53.8 Å². The largest absolute Gasteiger partial charge is 0.480 e. The summed E-state index contributed by atoms with van der Waals surface area (Å²) in [6.45, 7) is 10.9. The van der Waals surface area contributed by atoms with Crippen LogP contribution in [-0.4, -0.2) is 60.9 Å². The van der Waals surface area contributed by atoms with Gasteiger partial charge in [0.15, 0.2) is 0 Å². The molecular formula is C14H30N2O3. The van der Waals surface area contributed by atoms with Crippen LogP contribution in [-0.2, 0) is 9.53 Å². The molecular weight excluding hydrogens is 244 g/mol. The Bertz CT molecular complexity index is 259. The molecule has 0 aliphatic rings. The number of likely N-dealkylation sites (N-methyl/N-ethyl adjacent to an activating group) is 2. The average molecular weight is 274 g/mol. The normalized spacial score (nSPS) is 14.9. The number of aliphatic carboxylic acids is 1. The summed E-state index contributed by atoms with van der Waals surface area (Å²) in [6.07, 6.45) is 1.75. The van der Waals surface area contributed by atoms with E-state index in [2.05, 4.69) is 10.2 Å². The summed E-state index contributed by atoms with van der Waals surface area (Å²) in [5, 5.41) is 12.3. The van der Waals surface area contributed by atoms with Crippen LogP contribution in [0.25, 0.3) is 0 Å². The molecule has 0 saturated carbocycles. The number of rotatable bonds is 11. The van der Waals surface area contributed by atoms with Gasteiger partial charge in [-0.25, -0.2) is 0 Å². The fourth-order valence-electron chi connectivity index (χ4n) is 1.92. The Labute approximate surface area is 117 Å². The van der Waals surface area contributed by atoms with Crippen molar-refractivity contribution in [1.82, 2.24) is 10.2 Å². The van der Waals surface area contributed by atoms with Crippen LogP contribution < -0.4 is 5.32 Å². The topological polar surface area (TPSA) is 61.8 Å². The third kappa shape index (κ3) is 8.18. The molecule has 114 valence electrons. The first-order valence-electron chi connectivity index (χ1n) is 7.10. The van der Waals surface area contributed by atoms with Crippen LogP contribution in [0.2, 0.25) is 0 Å². The first kappa shape index (κ1) is 18.4. The van der Waals surface area contributed by atoms with Gasteiger partial charge in [0.25, 0.3) is 0 Å². The van der Waals surface area contributed by atoms with Gasteiger partial charge >= 0.3 is 5.97 Å². The standard InChI is InChI=1S/C14H30N2O3/c1-6-15-14(4,13(17)18)8-7-9-16(5)10-11-19-12(2)3/h12,15H,6-11H2,1-5H3,(H,17,18). The van der Waals surface area contributed by atoms with Gasteiger partial charge in [0.1, 0.15) is 5.54 Å². The van der Waals surface area contributed by atoms with Crippen LogP contribution >= 0.6 is 0 Å². The number of nitrogens with zero attached hydrogens (tertiary/aromatic N) is 1. The summed E-state index contributed by atoms with van der Waals surface area (Å²) in [5.41, 5.74) is -0.815. The highest BCUT2D eigenvalue weighted by Crippen LogP contribution is 2.13. The molecule has 5 nitrogen and oxygen atoms in total. The molecule has 1 unspecified atom stereocenters. The van der Waals surface area contributed by atoms with Crippen LogP contribution in [0, 0.1) is 0 Å². The Kier molecular flexibility index (Phi) is 8.97. The molecule has 0 aliphatic carbocycles. The number of hydrogen-bond acceptors (Lipinski definition) is 4. The van der Waals surface area contributed by atoms with Crippen molar-refractivity contribution in [3.63, 3.8) is 0 Å². The molecule has 19 heavy (non-hydrogen) atoms. The van der Waals surface area contributed by atoms with Crippen molar-refractivity contribution in [2.45, 2.75) is 52.2 Å². The Morgan fingerprint density at radius 2 is 2.05 bits per heavy atom. The molecule has 5 heteroatoms. The van der Waals surface area contributed by atoms with Gasteiger partial charge < -0.3 is 20.1 Å². The van der Waals surface area contributed by atoms with Gasteiger partial charge in [-0.15, -0.1) is 0 Å². The molecule has 0 aromatic rings. The predicted molar refractivity (Wildman–Crippen MR) is 77.5 cm³/mol. The molecule has 0 fully saturated rings. The zero-order valence-electron chi connectivity index (χ0n) is 13.0. The van der Waals surface area contributed by atoms with Crippen molar-refractivity contribution in [1.29, 1.82) is 0 Å². The van der Waals surface area contributed by atoms with Crippen molar-refractivity contribution in [2.24, 2.45) is 0 Å². The highest BCUT2D eigenvalue weighted by Gasteiger charge is 2.31. The van der Waals surface area contributed by atoms with Crippen LogP contribution in [0.15, 0.2) is 0 Å². The fourth-order valence-corrected chi connectivity index (χ4v) is 1.92. The van der Waals surface area contributed by atoms with Crippen LogP contribution in [0.1, 0.15) is 40.5 Å². The monoisotopic (exact) mass is 274 g/mol. The molecule has 2 N–H and O–H groups in total. The highest BCUT2D eigenvalue weighted by molar-refractivity contribution is 5.78. The SMILES string of the molecule is CCNC(C)(CCCN(C)CCOC(C)C)C(=O)O. The third-order valence-electron chi connectivity index (χ3n) is 3.18. The molecule has 0 rings (SSSR count). The summed E-state index contributed by atoms with van der Waals surface area (Å²) in [7, 11) is 2.04. The third-order valence-corrected chi connectivity index (χ3v) is 3.18. The lowest BCUT2D eigenvalue weighted by molar-refractivity contribution is -0.144. The lowest BCUT2D eigenvalue weighted by atomic mass is 9.96. The first-order chi connectivity index (χ1) is 8.81. The van der Waals surface area contributed by atoms with E-state index in [-0.39, 0.29) is 6.10 Å². The predicted octanol–water partition coefficient (Wildman–Crippen LogP) is 1.58. The van der Waals surface area contributed by atoms with Gasteiger partial charge in [0.05, 0.1) is 12.7 Å². The van der Waals surface area contributed by atoms with E-state index < -0.39 is 11.5 Å². The van der Waals surface area contributed by atoms with Crippen molar-refractivity contribution in [3.05, 3.63) is 0 Å². The van der Waals surface area contributed by atoms with Gasteiger partial charge in [0.2, 0.25) is 0 Å². The second-order valence-electron chi connectivity index (χ2n) is 5.49. The summed E-state index contributed by atoms with van der Waals surface area (Å²) in [5.74, 6) is -0.778. The number of carboxylic acid groups (broad SMARTS) is 1. The maximum absolute atomic E-state index is 11.2. The zero-order valence-corrected chi connectivity index (χ0v) is 13.0. The van der Waals surface area contributed by atoms with E-state index in [0.29, 0.717) is 13.0 Å². The lowest BCUT2D eigenvalue weighted by Gasteiger charge is -2.27. The van der Waals surface area contributed by atoms with Crippen molar-refractivity contribution in [3.8, 4) is 0 Å². The quantitative estimate of drug-likeness (QED) is 0.599. The number of ether oxygens (including phenoxy) is 1. The van der Waals surface area contributed by atoms with Crippen LogP contribution in [0.5, 0.6) is 0 Å². The van der Waals surface area contributed by atoms with E-state index in [4.69, 9.17) is 4.74 Å². The Morgan fingerprint density at radius 3 is 2.53 bits per heavy atom.